The molecule has 0 bridgehead atoms. The number of halogens is 2. The van der Waals surface area contributed by atoms with Gasteiger partial charge in [-0.15, -0.1) is 0 Å². The number of carbonyl (C=O) groups is 2. The van der Waals surface area contributed by atoms with E-state index in [4.69, 9.17) is 11.6 Å². The molecule has 0 saturated carbocycles. The summed E-state index contributed by atoms with van der Waals surface area (Å²) in [5.74, 6) is -0.993. The fourth-order valence-corrected chi connectivity index (χ4v) is 2.67. The van der Waals surface area contributed by atoms with Crippen LogP contribution in [0.3, 0.4) is 0 Å². The number of hydrogen-bond donors (Lipinski definition) is 1. The van der Waals surface area contributed by atoms with E-state index in [9.17, 15) is 14.0 Å². The summed E-state index contributed by atoms with van der Waals surface area (Å²) < 4.78 is 13.3. The molecule has 0 spiro atoms. The number of nitrogens with zero attached hydrogens (tertiary/aromatic N) is 1. The van der Waals surface area contributed by atoms with Crippen molar-refractivity contribution in [1.82, 2.24) is 0 Å². The largest absolute Gasteiger partial charge is 0.326 e. The fraction of sp³-hybridized carbons (Fsp3) is 0.263. The van der Waals surface area contributed by atoms with Gasteiger partial charge in [0, 0.05) is 31.3 Å². The third-order valence-electron chi connectivity index (χ3n) is 3.83. The normalized spacial score (nSPS) is 10.4. The summed E-state index contributed by atoms with van der Waals surface area (Å²) in [6.07, 6.45) is 0.927. The van der Waals surface area contributed by atoms with Gasteiger partial charge in [0.25, 0.3) is 0 Å². The monoisotopic (exact) mass is 362 g/mol. The van der Waals surface area contributed by atoms with E-state index in [2.05, 4.69) is 5.32 Å². The maximum Gasteiger partial charge on any atom is 0.226 e. The van der Waals surface area contributed by atoms with Gasteiger partial charge in [0.2, 0.25) is 11.8 Å². The highest BCUT2D eigenvalue weighted by molar-refractivity contribution is 6.31. The van der Waals surface area contributed by atoms with Gasteiger partial charge in [-0.3, -0.25) is 9.59 Å². The van der Waals surface area contributed by atoms with Gasteiger partial charge in [0.15, 0.2) is 0 Å². The van der Waals surface area contributed by atoms with E-state index >= 15 is 0 Å². The molecule has 0 aliphatic carbocycles. The first-order chi connectivity index (χ1) is 11.9. The molecule has 1 N–H and O–H groups in total. The maximum absolute atomic E-state index is 13.3. The molecule has 25 heavy (non-hydrogen) atoms. The molecule has 0 aromatic heterocycles. The SMILES string of the molecule is CCc1ccccc1NC(=O)CCN(C(C)=O)c1ccc(F)c(Cl)c1. The van der Waals surface area contributed by atoms with E-state index in [0.717, 1.165) is 17.7 Å². The Labute approximate surface area is 151 Å². The Morgan fingerprint density at radius 3 is 2.56 bits per heavy atom. The zero-order chi connectivity index (χ0) is 18.4. The highest BCUT2D eigenvalue weighted by Gasteiger charge is 2.15. The summed E-state index contributed by atoms with van der Waals surface area (Å²) in [6, 6.07) is 11.6. The van der Waals surface area contributed by atoms with Gasteiger partial charge < -0.3 is 10.2 Å². The number of nitrogens with one attached hydrogen (secondary N) is 1. The number of amides is 2. The van der Waals surface area contributed by atoms with Crippen molar-refractivity contribution in [2.75, 3.05) is 16.8 Å². The lowest BCUT2D eigenvalue weighted by atomic mass is 10.1. The minimum absolute atomic E-state index is 0.0647. The lowest BCUT2D eigenvalue weighted by Crippen LogP contribution is -2.32. The number of benzene rings is 2. The van der Waals surface area contributed by atoms with Crippen molar-refractivity contribution in [2.45, 2.75) is 26.7 Å². The van der Waals surface area contributed by atoms with E-state index in [-0.39, 0.29) is 29.8 Å². The first-order valence-electron chi connectivity index (χ1n) is 8.03. The van der Waals surface area contributed by atoms with E-state index in [0.29, 0.717) is 5.69 Å². The van der Waals surface area contributed by atoms with Crippen LogP contribution in [0.1, 0.15) is 25.8 Å². The number of carbonyl (C=O) groups excluding carboxylic acids is 2. The number of hydrogen-bond acceptors (Lipinski definition) is 2. The minimum atomic E-state index is -0.553. The smallest absolute Gasteiger partial charge is 0.226 e. The highest BCUT2D eigenvalue weighted by atomic mass is 35.5. The second-order valence-electron chi connectivity index (χ2n) is 5.58. The van der Waals surface area contributed by atoms with Crippen molar-refractivity contribution >= 4 is 34.8 Å². The zero-order valence-electron chi connectivity index (χ0n) is 14.2. The molecule has 2 aromatic carbocycles. The first-order valence-corrected chi connectivity index (χ1v) is 8.41. The molecule has 0 aliphatic heterocycles. The number of para-hydroxylation sites is 1. The van der Waals surface area contributed by atoms with Gasteiger partial charge in [-0.25, -0.2) is 4.39 Å². The van der Waals surface area contributed by atoms with E-state index < -0.39 is 5.82 Å². The van der Waals surface area contributed by atoms with Gasteiger partial charge in [-0.1, -0.05) is 36.7 Å². The Morgan fingerprint density at radius 1 is 1.20 bits per heavy atom. The molecule has 0 radical (unpaired) electrons. The summed E-state index contributed by atoms with van der Waals surface area (Å²) in [4.78, 5) is 25.5. The minimum Gasteiger partial charge on any atom is -0.326 e. The average molecular weight is 363 g/mol. The lowest BCUT2D eigenvalue weighted by molar-refractivity contribution is -0.117. The number of rotatable bonds is 6. The van der Waals surface area contributed by atoms with Crippen LogP contribution in [0.2, 0.25) is 5.02 Å². The van der Waals surface area contributed by atoms with Crippen LogP contribution in [0.15, 0.2) is 42.5 Å². The second kappa shape index (κ2) is 8.62. The average Bonchev–Trinajstić information content (AvgIpc) is 2.58. The van der Waals surface area contributed by atoms with E-state index in [1.807, 2.05) is 31.2 Å². The Hall–Kier alpha value is -2.40. The summed E-state index contributed by atoms with van der Waals surface area (Å²) in [7, 11) is 0. The van der Waals surface area contributed by atoms with Gasteiger partial charge in [0.05, 0.1) is 5.02 Å². The Bertz CT molecular complexity index is 780. The van der Waals surface area contributed by atoms with Crippen LogP contribution in [0.25, 0.3) is 0 Å². The first kappa shape index (κ1) is 18.9. The maximum atomic E-state index is 13.3. The molecule has 4 nitrogen and oxygen atoms in total. The molecule has 0 saturated heterocycles. The topological polar surface area (TPSA) is 49.4 Å². The van der Waals surface area contributed by atoms with Gasteiger partial charge in [-0.2, -0.15) is 0 Å². The quantitative estimate of drug-likeness (QED) is 0.826. The molecule has 6 heteroatoms. The van der Waals surface area contributed by atoms with Crippen molar-refractivity contribution < 1.29 is 14.0 Å². The fourth-order valence-electron chi connectivity index (χ4n) is 2.50. The van der Waals surface area contributed by atoms with Crippen LogP contribution < -0.4 is 10.2 Å². The summed E-state index contributed by atoms with van der Waals surface area (Å²) in [6.45, 7) is 3.58. The summed E-state index contributed by atoms with van der Waals surface area (Å²) in [5.41, 5.74) is 2.28. The summed E-state index contributed by atoms with van der Waals surface area (Å²) in [5, 5.41) is 2.80. The standard InChI is InChI=1S/C19H20ClFN2O2/c1-3-14-6-4-5-7-18(14)22-19(25)10-11-23(13(2)24)15-8-9-17(21)16(20)12-15/h4-9,12H,3,10-11H2,1-2H3,(H,22,25). The van der Waals surface area contributed by atoms with Crippen molar-refractivity contribution in [1.29, 1.82) is 0 Å². The van der Waals surface area contributed by atoms with E-state index in [1.165, 1.54) is 30.0 Å². The Kier molecular flexibility index (Phi) is 6.53. The van der Waals surface area contributed by atoms with Crippen molar-refractivity contribution in [2.24, 2.45) is 0 Å². The third-order valence-corrected chi connectivity index (χ3v) is 4.12. The molecular weight excluding hydrogens is 343 g/mol. The molecule has 2 rings (SSSR count). The molecule has 0 atom stereocenters. The van der Waals surface area contributed by atoms with Crippen LogP contribution >= 0.6 is 11.6 Å². The highest BCUT2D eigenvalue weighted by Crippen LogP contribution is 2.23. The predicted octanol–water partition coefficient (Wildman–Crippen LogP) is 4.42. The molecule has 2 aromatic rings. The van der Waals surface area contributed by atoms with Crippen molar-refractivity contribution in [3.63, 3.8) is 0 Å². The van der Waals surface area contributed by atoms with Gasteiger partial charge in [-0.05, 0) is 36.2 Å². The van der Waals surface area contributed by atoms with Crippen molar-refractivity contribution in [3.05, 3.63) is 58.9 Å². The predicted molar refractivity (Wildman–Crippen MR) is 98.5 cm³/mol. The molecule has 0 fully saturated rings. The number of aryl methyl sites for hydroxylation is 1. The Balaban J connectivity index is 2.04. The van der Waals surface area contributed by atoms with Gasteiger partial charge in [0.1, 0.15) is 5.82 Å². The van der Waals surface area contributed by atoms with Crippen LogP contribution in [-0.4, -0.2) is 18.4 Å². The van der Waals surface area contributed by atoms with Crippen LogP contribution in [0.5, 0.6) is 0 Å². The molecule has 132 valence electrons. The molecule has 0 heterocycles. The number of anilines is 2. The van der Waals surface area contributed by atoms with Crippen LogP contribution in [-0.2, 0) is 16.0 Å². The molecule has 2 amide bonds. The third kappa shape index (κ3) is 5.03. The second-order valence-corrected chi connectivity index (χ2v) is 5.99. The lowest BCUT2D eigenvalue weighted by Gasteiger charge is -2.21. The summed E-state index contributed by atoms with van der Waals surface area (Å²) >= 11 is 5.77. The molecular formula is C19H20ClFN2O2. The van der Waals surface area contributed by atoms with Crippen molar-refractivity contribution in [3.8, 4) is 0 Å². The van der Waals surface area contributed by atoms with Crippen LogP contribution in [0, 0.1) is 5.82 Å². The van der Waals surface area contributed by atoms with E-state index in [1.54, 1.807) is 0 Å². The zero-order valence-corrected chi connectivity index (χ0v) is 14.9. The Morgan fingerprint density at radius 2 is 1.92 bits per heavy atom. The molecule has 0 aliphatic rings. The van der Waals surface area contributed by atoms with Gasteiger partial charge >= 0.3 is 0 Å². The molecule has 0 unspecified atom stereocenters. The van der Waals surface area contributed by atoms with Crippen LogP contribution in [0.4, 0.5) is 15.8 Å².